The molecule has 0 spiro atoms. The molecule has 35 heavy (non-hydrogen) atoms. The third kappa shape index (κ3) is 4.04. The van der Waals surface area contributed by atoms with Crippen LogP contribution >= 0.6 is 0 Å². The first kappa shape index (κ1) is 21.7. The molecular weight excluding hydrogens is 450 g/mol. The smallest absolute Gasteiger partial charge is 0.335 e. The van der Waals surface area contributed by atoms with Gasteiger partial charge >= 0.3 is 6.03 Å². The monoisotopic (exact) mass is 467 g/mol. The quantitative estimate of drug-likeness (QED) is 0.207. The molecule has 1 aliphatic heterocycles. The number of nitrogens with one attached hydrogen (secondary N) is 1. The Bertz CT molecular complexity index is 1520. The number of amides is 4. The molecule has 0 atom stereocenters. The molecule has 5 rings (SSSR count). The van der Waals surface area contributed by atoms with Gasteiger partial charge in [-0.25, -0.2) is 9.69 Å². The van der Waals surface area contributed by atoms with Crippen LogP contribution < -0.4 is 10.2 Å². The Labute approximate surface area is 198 Å². The molecule has 2 aromatic carbocycles. The largest absolute Gasteiger partial charge is 0.342 e. The average molecular weight is 467 g/mol. The Hall–Kier alpha value is -5.12. The summed E-state index contributed by atoms with van der Waals surface area (Å²) in [5.41, 5.74) is 2.43. The molecule has 1 fully saturated rings. The number of non-ortho nitro benzene ring substituents is 1. The molecule has 1 N–H and O–H groups in total. The van der Waals surface area contributed by atoms with Crippen LogP contribution in [0.5, 0.6) is 0 Å². The number of hydrogen-bond acceptors (Lipinski definition) is 6. The van der Waals surface area contributed by atoms with Crippen LogP contribution in [-0.4, -0.2) is 32.3 Å². The predicted octanol–water partition coefficient (Wildman–Crippen LogP) is 3.66. The summed E-state index contributed by atoms with van der Waals surface area (Å²) in [7, 11) is 0. The number of pyridine rings is 1. The first-order valence-corrected chi connectivity index (χ1v) is 10.5. The fraction of sp³-hybridized carbons (Fsp3) is 0.0400. The highest BCUT2D eigenvalue weighted by molar-refractivity contribution is 6.39. The Morgan fingerprint density at radius 3 is 2.40 bits per heavy atom. The molecule has 1 saturated heterocycles. The lowest BCUT2D eigenvalue weighted by molar-refractivity contribution is -0.384. The van der Waals surface area contributed by atoms with Gasteiger partial charge in [-0.1, -0.05) is 30.3 Å². The van der Waals surface area contributed by atoms with Crippen molar-refractivity contribution in [3.05, 3.63) is 106 Å². The Morgan fingerprint density at radius 2 is 1.69 bits per heavy atom. The summed E-state index contributed by atoms with van der Waals surface area (Å²) in [4.78, 5) is 53.4. The van der Waals surface area contributed by atoms with Gasteiger partial charge in [0.05, 0.1) is 10.6 Å². The maximum atomic E-state index is 13.2. The van der Waals surface area contributed by atoms with Crippen molar-refractivity contribution in [2.45, 2.75) is 6.54 Å². The normalized spacial score (nSPS) is 15.0. The van der Waals surface area contributed by atoms with E-state index in [0.29, 0.717) is 17.8 Å². The van der Waals surface area contributed by atoms with Gasteiger partial charge in [-0.15, -0.1) is 0 Å². The van der Waals surface area contributed by atoms with Crippen molar-refractivity contribution < 1.29 is 19.3 Å². The van der Waals surface area contributed by atoms with E-state index in [1.54, 1.807) is 18.3 Å². The molecule has 0 aliphatic carbocycles. The molecule has 4 amide bonds. The lowest BCUT2D eigenvalue weighted by Gasteiger charge is -2.26. The molecule has 0 bridgehead atoms. The first-order chi connectivity index (χ1) is 16.9. The number of aromatic nitrogens is 2. The SMILES string of the molecule is O=C1NC(=O)N(c2ccncc2)C(=O)/C1=C/c1cn(Cc2ccc([N+](=O)[O-])cc2)c2ccccc12. The van der Waals surface area contributed by atoms with Crippen molar-refractivity contribution in [2.75, 3.05) is 4.90 Å². The van der Waals surface area contributed by atoms with Gasteiger partial charge in [-0.2, -0.15) is 0 Å². The van der Waals surface area contributed by atoms with Crippen molar-refractivity contribution >= 4 is 46.2 Å². The number of imide groups is 2. The number of fused-ring (bicyclic) bond motifs is 1. The van der Waals surface area contributed by atoms with Crippen molar-refractivity contribution in [2.24, 2.45) is 0 Å². The van der Waals surface area contributed by atoms with Crippen LogP contribution in [0.25, 0.3) is 17.0 Å². The van der Waals surface area contributed by atoms with E-state index in [-0.39, 0.29) is 11.3 Å². The lowest BCUT2D eigenvalue weighted by Crippen LogP contribution is -2.54. The summed E-state index contributed by atoms with van der Waals surface area (Å²) in [5.74, 6) is -1.52. The highest BCUT2D eigenvalue weighted by Crippen LogP contribution is 2.27. The van der Waals surface area contributed by atoms with E-state index in [9.17, 15) is 24.5 Å². The zero-order valence-electron chi connectivity index (χ0n) is 18.1. The number of barbiturate groups is 1. The molecule has 3 heterocycles. The van der Waals surface area contributed by atoms with Crippen molar-refractivity contribution in [1.29, 1.82) is 0 Å². The van der Waals surface area contributed by atoms with E-state index in [1.807, 2.05) is 28.8 Å². The van der Waals surface area contributed by atoms with Crippen LogP contribution in [0.2, 0.25) is 0 Å². The fourth-order valence-electron chi connectivity index (χ4n) is 3.98. The molecule has 0 unspecified atom stereocenters. The van der Waals surface area contributed by atoms with Gasteiger partial charge in [0.15, 0.2) is 0 Å². The van der Waals surface area contributed by atoms with E-state index >= 15 is 0 Å². The van der Waals surface area contributed by atoms with Gasteiger partial charge < -0.3 is 4.57 Å². The van der Waals surface area contributed by atoms with Gasteiger partial charge in [-0.05, 0) is 29.8 Å². The number of carbonyl (C=O) groups is 3. The van der Waals surface area contributed by atoms with Crippen molar-refractivity contribution in [3.8, 4) is 0 Å². The lowest BCUT2D eigenvalue weighted by atomic mass is 10.1. The molecule has 0 saturated carbocycles. The minimum atomic E-state index is -0.830. The van der Waals surface area contributed by atoms with E-state index < -0.39 is 22.8 Å². The second-order valence-electron chi connectivity index (χ2n) is 7.82. The van der Waals surface area contributed by atoms with Gasteiger partial charge in [0.25, 0.3) is 17.5 Å². The number of benzene rings is 2. The second-order valence-corrected chi connectivity index (χ2v) is 7.82. The average Bonchev–Trinajstić information content (AvgIpc) is 3.20. The van der Waals surface area contributed by atoms with E-state index in [0.717, 1.165) is 21.4 Å². The highest BCUT2D eigenvalue weighted by Gasteiger charge is 2.37. The molecule has 10 nitrogen and oxygen atoms in total. The van der Waals surface area contributed by atoms with Gasteiger partial charge in [0.2, 0.25) is 0 Å². The maximum Gasteiger partial charge on any atom is 0.335 e. The zero-order valence-corrected chi connectivity index (χ0v) is 18.1. The van der Waals surface area contributed by atoms with Crippen molar-refractivity contribution in [1.82, 2.24) is 14.9 Å². The minimum absolute atomic E-state index is 0.00617. The number of para-hydroxylation sites is 1. The zero-order chi connectivity index (χ0) is 24.5. The number of rotatable bonds is 5. The van der Waals surface area contributed by atoms with E-state index in [4.69, 9.17) is 0 Å². The maximum absolute atomic E-state index is 13.2. The van der Waals surface area contributed by atoms with Gasteiger partial charge in [0.1, 0.15) is 5.57 Å². The van der Waals surface area contributed by atoms with Gasteiger partial charge in [-0.3, -0.25) is 30.0 Å². The molecule has 0 radical (unpaired) electrons. The Kier molecular flexibility index (Phi) is 5.38. The summed E-state index contributed by atoms with van der Waals surface area (Å²) < 4.78 is 1.93. The number of carbonyl (C=O) groups excluding carboxylic acids is 3. The van der Waals surface area contributed by atoms with Gasteiger partial charge in [0, 0.05) is 53.7 Å². The third-order valence-electron chi connectivity index (χ3n) is 5.64. The van der Waals surface area contributed by atoms with Crippen LogP contribution in [0.3, 0.4) is 0 Å². The molecule has 1 aliphatic rings. The number of anilines is 1. The summed E-state index contributed by atoms with van der Waals surface area (Å²) in [6.45, 7) is 0.420. The predicted molar refractivity (Wildman–Crippen MR) is 127 cm³/mol. The summed E-state index contributed by atoms with van der Waals surface area (Å²) in [6, 6.07) is 15.9. The Balaban J connectivity index is 1.54. The number of nitro benzene ring substituents is 1. The number of urea groups is 1. The second kappa shape index (κ2) is 8.67. The number of hydrogen-bond donors (Lipinski definition) is 1. The fourth-order valence-corrected chi connectivity index (χ4v) is 3.98. The molecule has 10 heteroatoms. The third-order valence-corrected chi connectivity index (χ3v) is 5.64. The van der Waals surface area contributed by atoms with E-state index in [1.165, 1.54) is 42.7 Å². The molecular formula is C25H17N5O5. The standard InChI is InChI=1S/C25H17N5O5/c31-23-21(24(32)29(25(33)27-23)18-9-11-26-12-10-18)13-17-15-28(22-4-2-1-3-20(17)22)14-16-5-7-19(8-6-16)30(34)35/h1-13,15H,14H2,(H,27,31,33)/b21-13+. The van der Waals surface area contributed by atoms with Crippen molar-refractivity contribution in [3.63, 3.8) is 0 Å². The topological polar surface area (TPSA) is 127 Å². The highest BCUT2D eigenvalue weighted by atomic mass is 16.6. The van der Waals surface area contributed by atoms with Crippen LogP contribution in [0.15, 0.2) is 84.8 Å². The number of nitro groups is 1. The van der Waals surface area contributed by atoms with Crippen LogP contribution in [0.4, 0.5) is 16.2 Å². The minimum Gasteiger partial charge on any atom is -0.342 e. The van der Waals surface area contributed by atoms with Crippen LogP contribution in [-0.2, 0) is 16.1 Å². The first-order valence-electron chi connectivity index (χ1n) is 10.5. The summed E-state index contributed by atoms with van der Waals surface area (Å²) in [5, 5.41) is 13.9. The Morgan fingerprint density at radius 1 is 0.971 bits per heavy atom. The molecule has 2 aromatic heterocycles. The van der Waals surface area contributed by atoms with E-state index in [2.05, 4.69) is 10.3 Å². The van der Waals surface area contributed by atoms with Crippen LogP contribution in [0.1, 0.15) is 11.1 Å². The molecule has 4 aromatic rings. The summed E-state index contributed by atoms with van der Waals surface area (Å²) in [6.07, 6.45) is 6.16. The van der Waals surface area contributed by atoms with Crippen LogP contribution in [0, 0.1) is 10.1 Å². The number of nitrogens with zero attached hydrogens (tertiary/aromatic N) is 4. The summed E-state index contributed by atoms with van der Waals surface area (Å²) >= 11 is 0. The molecule has 172 valence electrons.